The van der Waals surface area contributed by atoms with E-state index in [1.54, 1.807) is 0 Å². The first kappa shape index (κ1) is 17.6. The number of carbonyl (C=O) groups is 3. The van der Waals surface area contributed by atoms with E-state index in [0.717, 1.165) is 6.92 Å². The highest BCUT2D eigenvalue weighted by Crippen LogP contribution is 2.32. The van der Waals surface area contributed by atoms with Crippen LogP contribution < -0.4 is 0 Å². The van der Waals surface area contributed by atoms with Gasteiger partial charge in [0.25, 0.3) is 0 Å². The summed E-state index contributed by atoms with van der Waals surface area (Å²) in [5.74, 6) is -3.14. The maximum absolute atomic E-state index is 13.2. The van der Waals surface area contributed by atoms with E-state index in [0.29, 0.717) is 4.57 Å². The Hall–Kier alpha value is -2.71. The molecule has 128 valence electrons. The van der Waals surface area contributed by atoms with Crippen LogP contribution in [0, 0.1) is 0 Å². The molecule has 0 atom stereocenters. The molecule has 24 heavy (non-hydrogen) atoms. The number of alkyl halides is 3. The van der Waals surface area contributed by atoms with Gasteiger partial charge in [-0.3, -0.25) is 9.59 Å². The summed E-state index contributed by atoms with van der Waals surface area (Å²) in [5, 5.41) is 0. The van der Waals surface area contributed by atoms with Gasteiger partial charge in [0, 0.05) is 0 Å². The van der Waals surface area contributed by atoms with Crippen LogP contribution in [0.1, 0.15) is 30.0 Å². The molecule has 0 aliphatic carbocycles. The monoisotopic (exact) mass is 342 g/mol. The largest absolute Gasteiger partial charge is 0.454 e. The van der Waals surface area contributed by atoms with E-state index < -0.39 is 42.7 Å². The number of para-hydroxylation sites is 1. The lowest BCUT2D eigenvalue weighted by atomic mass is 10.2. The first-order valence-electron chi connectivity index (χ1n) is 6.83. The standard InChI is InChI=1S/C15H13F3N2O4/c1-8(21)6-20-11-5-3-4-10(13(23)24-7-9(2)22)12(11)19-14(20)15(16,17)18/h3-5H,6-7H2,1-2H3. The van der Waals surface area contributed by atoms with Crippen LogP contribution in [0.4, 0.5) is 13.2 Å². The van der Waals surface area contributed by atoms with E-state index in [-0.39, 0.29) is 16.6 Å². The van der Waals surface area contributed by atoms with Gasteiger partial charge in [0.1, 0.15) is 17.9 Å². The van der Waals surface area contributed by atoms with E-state index in [9.17, 15) is 27.6 Å². The lowest BCUT2D eigenvalue weighted by Crippen LogP contribution is -2.17. The van der Waals surface area contributed by atoms with Crippen LogP contribution in [-0.2, 0) is 27.0 Å². The lowest BCUT2D eigenvalue weighted by molar-refractivity contribution is -0.147. The zero-order valence-corrected chi connectivity index (χ0v) is 12.8. The molecule has 1 aromatic heterocycles. The number of benzene rings is 1. The van der Waals surface area contributed by atoms with Crippen molar-refractivity contribution in [1.29, 1.82) is 0 Å². The molecule has 2 rings (SSSR count). The third-order valence-electron chi connectivity index (χ3n) is 3.04. The molecule has 9 heteroatoms. The molecule has 0 fully saturated rings. The Morgan fingerprint density at radius 3 is 2.38 bits per heavy atom. The molecule has 0 aliphatic heterocycles. The SMILES string of the molecule is CC(=O)COC(=O)c1cccc2c1nc(C(F)(F)F)n2CC(C)=O. The van der Waals surface area contributed by atoms with Crippen molar-refractivity contribution in [2.24, 2.45) is 0 Å². The molecular formula is C15H13F3N2O4. The lowest BCUT2D eigenvalue weighted by Gasteiger charge is -2.09. The fourth-order valence-corrected chi connectivity index (χ4v) is 2.16. The Morgan fingerprint density at radius 2 is 1.83 bits per heavy atom. The summed E-state index contributed by atoms with van der Waals surface area (Å²) in [6.45, 7) is 1.33. The molecule has 0 spiro atoms. The van der Waals surface area contributed by atoms with E-state index in [2.05, 4.69) is 4.98 Å². The molecule has 2 aromatic rings. The van der Waals surface area contributed by atoms with Gasteiger partial charge in [0.2, 0.25) is 5.82 Å². The predicted octanol–water partition coefficient (Wildman–Crippen LogP) is 2.39. The number of hydrogen-bond donors (Lipinski definition) is 0. The molecule has 1 aromatic carbocycles. The van der Waals surface area contributed by atoms with Crippen molar-refractivity contribution in [3.8, 4) is 0 Å². The second-order valence-corrected chi connectivity index (χ2v) is 5.17. The molecule has 0 saturated carbocycles. The predicted molar refractivity (Wildman–Crippen MR) is 76.4 cm³/mol. The average Bonchev–Trinajstić information content (AvgIpc) is 2.83. The molecule has 0 bridgehead atoms. The maximum atomic E-state index is 13.2. The number of imidazole rings is 1. The summed E-state index contributed by atoms with van der Waals surface area (Å²) in [7, 11) is 0. The van der Waals surface area contributed by atoms with Gasteiger partial charge >= 0.3 is 12.1 Å². The zero-order chi connectivity index (χ0) is 18.1. The van der Waals surface area contributed by atoms with E-state index >= 15 is 0 Å². The van der Waals surface area contributed by atoms with Crippen LogP contribution >= 0.6 is 0 Å². The van der Waals surface area contributed by atoms with Gasteiger partial charge in [-0.1, -0.05) is 6.07 Å². The third-order valence-corrected chi connectivity index (χ3v) is 3.04. The Kier molecular flexibility index (Phi) is 4.72. The normalized spacial score (nSPS) is 11.5. The van der Waals surface area contributed by atoms with Crippen molar-refractivity contribution in [2.45, 2.75) is 26.6 Å². The van der Waals surface area contributed by atoms with Crippen molar-refractivity contribution in [2.75, 3.05) is 6.61 Å². The number of rotatable bonds is 5. The second kappa shape index (κ2) is 6.42. The third kappa shape index (κ3) is 3.61. The van der Waals surface area contributed by atoms with Crippen LogP contribution in [-0.4, -0.2) is 33.7 Å². The topological polar surface area (TPSA) is 78.3 Å². The number of aromatic nitrogens is 2. The van der Waals surface area contributed by atoms with Crippen LogP contribution in [0.25, 0.3) is 11.0 Å². The van der Waals surface area contributed by atoms with Crippen molar-refractivity contribution in [1.82, 2.24) is 9.55 Å². The number of Topliss-reactive ketones (excluding diaryl/α,β-unsaturated/α-hetero) is 2. The highest BCUT2D eigenvalue weighted by molar-refractivity contribution is 6.03. The maximum Gasteiger partial charge on any atom is 0.449 e. The number of halogens is 3. The first-order chi connectivity index (χ1) is 11.1. The molecule has 0 aliphatic rings. The van der Waals surface area contributed by atoms with Crippen molar-refractivity contribution < 1.29 is 32.3 Å². The van der Waals surface area contributed by atoms with Crippen LogP contribution in [0.3, 0.4) is 0 Å². The Labute approximate surface area is 134 Å². The minimum absolute atomic E-state index is 0.0187. The van der Waals surface area contributed by atoms with Crippen molar-refractivity contribution in [3.05, 3.63) is 29.6 Å². The van der Waals surface area contributed by atoms with Gasteiger partial charge in [-0.15, -0.1) is 0 Å². The number of nitrogens with zero attached hydrogens (tertiary/aromatic N) is 2. The van der Waals surface area contributed by atoms with Crippen LogP contribution in [0.15, 0.2) is 18.2 Å². The van der Waals surface area contributed by atoms with Gasteiger partial charge in [-0.2, -0.15) is 13.2 Å². The molecule has 6 nitrogen and oxygen atoms in total. The Morgan fingerprint density at radius 1 is 1.17 bits per heavy atom. The van der Waals surface area contributed by atoms with Crippen molar-refractivity contribution >= 4 is 28.6 Å². The minimum Gasteiger partial charge on any atom is -0.454 e. The van der Waals surface area contributed by atoms with E-state index in [1.165, 1.54) is 25.1 Å². The van der Waals surface area contributed by atoms with Gasteiger partial charge in [0.15, 0.2) is 5.78 Å². The highest BCUT2D eigenvalue weighted by Gasteiger charge is 2.38. The molecule has 1 heterocycles. The van der Waals surface area contributed by atoms with E-state index in [4.69, 9.17) is 4.74 Å². The average molecular weight is 342 g/mol. The zero-order valence-electron chi connectivity index (χ0n) is 12.8. The van der Waals surface area contributed by atoms with Gasteiger partial charge in [0.05, 0.1) is 17.6 Å². The second-order valence-electron chi connectivity index (χ2n) is 5.17. The van der Waals surface area contributed by atoms with Crippen molar-refractivity contribution in [3.63, 3.8) is 0 Å². The van der Waals surface area contributed by atoms with Gasteiger partial charge in [-0.25, -0.2) is 9.78 Å². The van der Waals surface area contributed by atoms with E-state index in [1.807, 2.05) is 0 Å². The number of fused-ring (bicyclic) bond motifs is 1. The molecular weight excluding hydrogens is 329 g/mol. The summed E-state index contributed by atoms with van der Waals surface area (Å²) in [6, 6.07) is 3.92. The van der Waals surface area contributed by atoms with Gasteiger partial charge in [-0.05, 0) is 26.0 Å². The quantitative estimate of drug-likeness (QED) is 0.780. The van der Waals surface area contributed by atoms with Crippen LogP contribution in [0.5, 0.6) is 0 Å². The summed E-state index contributed by atoms with van der Waals surface area (Å²) >= 11 is 0. The smallest absolute Gasteiger partial charge is 0.449 e. The van der Waals surface area contributed by atoms with Gasteiger partial charge < -0.3 is 9.30 Å². The van der Waals surface area contributed by atoms with Crippen LogP contribution in [0.2, 0.25) is 0 Å². The number of ether oxygens (including phenoxy) is 1. The molecule has 0 amide bonds. The first-order valence-corrected chi connectivity index (χ1v) is 6.83. The summed E-state index contributed by atoms with van der Waals surface area (Å²) in [5.41, 5.74) is -0.462. The fraction of sp³-hybridized carbons (Fsp3) is 0.333. The number of carbonyl (C=O) groups excluding carboxylic acids is 3. The summed E-state index contributed by atoms with van der Waals surface area (Å²) in [6.07, 6.45) is -4.80. The number of hydrogen-bond acceptors (Lipinski definition) is 5. The molecule has 0 unspecified atom stereocenters. The summed E-state index contributed by atoms with van der Waals surface area (Å²) < 4.78 is 44.9. The molecule has 0 saturated heterocycles. The molecule has 0 N–H and O–H groups in total. The number of esters is 1. The Balaban J connectivity index is 2.60. The Bertz CT molecular complexity index is 824. The summed E-state index contributed by atoms with van der Waals surface area (Å²) in [4.78, 5) is 37.6. The molecule has 0 radical (unpaired) electrons. The fourth-order valence-electron chi connectivity index (χ4n) is 2.16. The highest BCUT2D eigenvalue weighted by atomic mass is 19.4. The number of ketones is 2. The minimum atomic E-state index is -4.80.